The van der Waals surface area contributed by atoms with Crippen molar-refractivity contribution in [2.45, 2.75) is 13.2 Å². The van der Waals surface area contributed by atoms with Crippen LogP contribution in [0.3, 0.4) is 0 Å². The van der Waals surface area contributed by atoms with Crippen LogP contribution in [0.25, 0.3) is 0 Å². The highest BCUT2D eigenvalue weighted by Gasteiger charge is 2.01. The summed E-state index contributed by atoms with van der Waals surface area (Å²) in [4.78, 5) is 0. The molecule has 0 saturated heterocycles. The van der Waals surface area contributed by atoms with Gasteiger partial charge in [0.2, 0.25) is 0 Å². The monoisotopic (exact) mass is 258 g/mol. The Labute approximate surface area is 112 Å². The molecule has 4 nitrogen and oxygen atoms in total. The Balaban J connectivity index is 2.05. The molecule has 0 unspecified atom stereocenters. The van der Waals surface area contributed by atoms with Crippen LogP contribution < -0.4 is 15.8 Å². The van der Waals surface area contributed by atoms with Crippen LogP contribution in [-0.4, -0.2) is 12.2 Å². The van der Waals surface area contributed by atoms with E-state index in [0.29, 0.717) is 12.2 Å². The van der Waals surface area contributed by atoms with Gasteiger partial charge in [-0.05, 0) is 23.3 Å². The molecule has 4 N–H and O–H groups in total. The van der Waals surface area contributed by atoms with E-state index in [-0.39, 0.29) is 6.61 Å². The fourth-order valence-corrected chi connectivity index (χ4v) is 1.78. The Kier molecular flexibility index (Phi) is 4.26. The van der Waals surface area contributed by atoms with Crippen LogP contribution in [0.1, 0.15) is 11.1 Å². The van der Waals surface area contributed by atoms with Crippen molar-refractivity contribution in [3.63, 3.8) is 0 Å². The minimum atomic E-state index is 0.0660. The lowest BCUT2D eigenvalue weighted by atomic mass is 10.1. The van der Waals surface area contributed by atoms with E-state index in [1.807, 2.05) is 42.5 Å². The SMILES string of the molecule is COc1ccc(N)c(NCc2ccc(CO)cc2)c1. The molecule has 0 aliphatic heterocycles. The molecule has 0 aromatic heterocycles. The summed E-state index contributed by atoms with van der Waals surface area (Å²) in [5.41, 5.74) is 9.47. The van der Waals surface area contributed by atoms with E-state index in [1.54, 1.807) is 7.11 Å². The summed E-state index contributed by atoms with van der Waals surface area (Å²) in [5, 5.41) is 12.3. The molecule has 0 spiro atoms. The van der Waals surface area contributed by atoms with Crippen LogP contribution in [-0.2, 0) is 13.2 Å². The Morgan fingerprint density at radius 1 is 1.11 bits per heavy atom. The molecule has 0 amide bonds. The van der Waals surface area contributed by atoms with Gasteiger partial charge in [0.25, 0.3) is 0 Å². The molecule has 0 heterocycles. The number of methoxy groups -OCH3 is 1. The van der Waals surface area contributed by atoms with E-state index in [0.717, 1.165) is 22.6 Å². The Bertz CT molecular complexity index is 538. The van der Waals surface area contributed by atoms with Crippen molar-refractivity contribution in [2.24, 2.45) is 0 Å². The van der Waals surface area contributed by atoms with E-state index in [9.17, 15) is 0 Å². The van der Waals surface area contributed by atoms with Crippen LogP contribution in [0.2, 0.25) is 0 Å². The molecule has 0 bridgehead atoms. The lowest BCUT2D eigenvalue weighted by Gasteiger charge is -2.11. The first-order valence-corrected chi connectivity index (χ1v) is 6.09. The molecule has 2 aromatic rings. The minimum absolute atomic E-state index is 0.0660. The number of rotatable bonds is 5. The van der Waals surface area contributed by atoms with Crippen molar-refractivity contribution in [3.8, 4) is 5.75 Å². The summed E-state index contributed by atoms with van der Waals surface area (Å²) < 4.78 is 5.17. The fraction of sp³-hybridized carbons (Fsp3) is 0.200. The number of hydrogen-bond acceptors (Lipinski definition) is 4. The molecule has 0 aliphatic rings. The molecule has 0 atom stereocenters. The molecule has 0 aliphatic carbocycles. The molecule has 2 rings (SSSR count). The third-order valence-corrected chi connectivity index (χ3v) is 2.95. The summed E-state index contributed by atoms with van der Waals surface area (Å²) in [6.07, 6.45) is 0. The average Bonchev–Trinajstić information content (AvgIpc) is 2.47. The highest BCUT2D eigenvalue weighted by Crippen LogP contribution is 2.24. The van der Waals surface area contributed by atoms with Crippen molar-refractivity contribution < 1.29 is 9.84 Å². The van der Waals surface area contributed by atoms with Gasteiger partial charge in [-0.1, -0.05) is 24.3 Å². The van der Waals surface area contributed by atoms with Gasteiger partial charge in [0.1, 0.15) is 5.75 Å². The van der Waals surface area contributed by atoms with Crippen LogP contribution in [0.4, 0.5) is 11.4 Å². The number of aliphatic hydroxyl groups excluding tert-OH is 1. The van der Waals surface area contributed by atoms with Gasteiger partial charge >= 0.3 is 0 Å². The van der Waals surface area contributed by atoms with Gasteiger partial charge in [-0.15, -0.1) is 0 Å². The molecule has 2 aromatic carbocycles. The zero-order chi connectivity index (χ0) is 13.7. The lowest BCUT2D eigenvalue weighted by Crippen LogP contribution is -2.03. The second kappa shape index (κ2) is 6.11. The summed E-state index contributed by atoms with van der Waals surface area (Å²) >= 11 is 0. The molecule has 0 fully saturated rings. The van der Waals surface area contributed by atoms with Crippen LogP contribution in [0.5, 0.6) is 5.75 Å². The zero-order valence-electron chi connectivity index (χ0n) is 10.9. The summed E-state index contributed by atoms with van der Waals surface area (Å²) in [7, 11) is 1.63. The molecule has 0 saturated carbocycles. The van der Waals surface area contributed by atoms with E-state index in [4.69, 9.17) is 15.6 Å². The average molecular weight is 258 g/mol. The first kappa shape index (κ1) is 13.2. The Morgan fingerprint density at radius 2 is 1.79 bits per heavy atom. The van der Waals surface area contributed by atoms with Gasteiger partial charge in [-0.25, -0.2) is 0 Å². The number of nitrogens with one attached hydrogen (secondary N) is 1. The second-order valence-electron chi connectivity index (χ2n) is 4.28. The van der Waals surface area contributed by atoms with Crippen molar-refractivity contribution in [2.75, 3.05) is 18.2 Å². The van der Waals surface area contributed by atoms with Gasteiger partial charge in [-0.3, -0.25) is 0 Å². The maximum Gasteiger partial charge on any atom is 0.121 e. The van der Waals surface area contributed by atoms with Crippen LogP contribution in [0, 0.1) is 0 Å². The van der Waals surface area contributed by atoms with E-state index >= 15 is 0 Å². The number of benzene rings is 2. The van der Waals surface area contributed by atoms with Crippen LogP contribution in [0.15, 0.2) is 42.5 Å². The van der Waals surface area contributed by atoms with Crippen molar-refractivity contribution in [1.82, 2.24) is 0 Å². The predicted molar refractivity (Wildman–Crippen MR) is 77.1 cm³/mol. The maximum absolute atomic E-state index is 8.98. The Morgan fingerprint density at radius 3 is 2.42 bits per heavy atom. The topological polar surface area (TPSA) is 67.5 Å². The number of aliphatic hydroxyl groups is 1. The van der Waals surface area contributed by atoms with Crippen molar-refractivity contribution in [1.29, 1.82) is 0 Å². The van der Waals surface area contributed by atoms with Gasteiger partial charge in [0.05, 0.1) is 25.1 Å². The van der Waals surface area contributed by atoms with Gasteiger partial charge in [0, 0.05) is 12.6 Å². The quantitative estimate of drug-likeness (QED) is 0.720. The van der Waals surface area contributed by atoms with Gasteiger partial charge in [-0.2, -0.15) is 0 Å². The zero-order valence-corrected chi connectivity index (χ0v) is 10.9. The smallest absolute Gasteiger partial charge is 0.121 e. The van der Waals surface area contributed by atoms with Crippen LogP contribution >= 0.6 is 0 Å². The highest BCUT2D eigenvalue weighted by atomic mass is 16.5. The highest BCUT2D eigenvalue weighted by molar-refractivity contribution is 5.68. The molecular formula is C15H18N2O2. The largest absolute Gasteiger partial charge is 0.497 e. The number of nitrogen functional groups attached to an aromatic ring is 1. The predicted octanol–water partition coefficient (Wildman–Crippen LogP) is 2.38. The molecule has 4 heteroatoms. The standard InChI is InChI=1S/C15H18N2O2/c1-19-13-6-7-14(16)15(8-13)17-9-11-2-4-12(10-18)5-3-11/h2-8,17-18H,9-10,16H2,1H3. The number of hydrogen-bond donors (Lipinski definition) is 3. The number of ether oxygens (including phenoxy) is 1. The molecule has 19 heavy (non-hydrogen) atoms. The second-order valence-corrected chi connectivity index (χ2v) is 4.28. The molecule has 100 valence electrons. The number of nitrogens with two attached hydrogens (primary N) is 1. The first-order chi connectivity index (χ1) is 9.22. The first-order valence-electron chi connectivity index (χ1n) is 6.09. The van der Waals surface area contributed by atoms with E-state index < -0.39 is 0 Å². The summed E-state index contributed by atoms with van der Waals surface area (Å²) in [5.74, 6) is 0.771. The van der Waals surface area contributed by atoms with Gasteiger partial charge in [0.15, 0.2) is 0 Å². The summed E-state index contributed by atoms with van der Waals surface area (Å²) in [6.45, 7) is 0.736. The normalized spacial score (nSPS) is 10.2. The number of anilines is 2. The summed E-state index contributed by atoms with van der Waals surface area (Å²) in [6, 6.07) is 13.3. The third-order valence-electron chi connectivity index (χ3n) is 2.95. The Hall–Kier alpha value is -2.20. The lowest BCUT2D eigenvalue weighted by molar-refractivity contribution is 0.282. The fourth-order valence-electron chi connectivity index (χ4n) is 1.78. The third kappa shape index (κ3) is 3.39. The van der Waals surface area contributed by atoms with E-state index in [2.05, 4.69) is 5.32 Å². The van der Waals surface area contributed by atoms with Crippen molar-refractivity contribution in [3.05, 3.63) is 53.6 Å². The van der Waals surface area contributed by atoms with Crippen molar-refractivity contribution >= 4 is 11.4 Å². The van der Waals surface area contributed by atoms with Gasteiger partial charge < -0.3 is 20.9 Å². The van der Waals surface area contributed by atoms with E-state index in [1.165, 1.54) is 0 Å². The minimum Gasteiger partial charge on any atom is -0.497 e. The molecular weight excluding hydrogens is 240 g/mol. The molecule has 0 radical (unpaired) electrons. The maximum atomic E-state index is 8.98.